The van der Waals surface area contributed by atoms with Crippen LogP contribution in [0.1, 0.15) is 5.56 Å². The molecule has 0 aliphatic heterocycles. The van der Waals surface area contributed by atoms with Crippen molar-refractivity contribution in [3.63, 3.8) is 0 Å². The number of benzene rings is 2. The Kier molecular flexibility index (Phi) is 6.04. The predicted molar refractivity (Wildman–Crippen MR) is 113 cm³/mol. The molecule has 0 saturated carbocycles. The summed E-state index contributed by atoms with van der Waals surface area (Å²) in [4.78, 5) is 10.2. The van der Waals surface area contributed by atoms with Gasteiger partial charge in [-0.2, -0.15) is 5.10 Å². The van der Waals surface area contributed by atoms with Gasteiger partial charge in [-0.25, -0.2) is 0 Å². The van der Waals surface area contributed by atoms with Gasteiger partial charge in [-0.15, -0.1) is 0 Å². The van der Waals surface area contributed by atoms with Crippen LogP contribution in [-0.2, 0) is 6.54 Å². The number of thiocarbonyl (C=S) groups is 1. The number of nitrogens with zero attached hydrogens (tertiary/aromatic N) is 3. The van der Waals surface area contributed by atoms with Crippen molar-refractivity contribution in [1.82, 2.24) is 9.78 Å². The van der Waals surface area contributed by atoms with Gasteiger partial charge < -0.3 is 10.6 Å². The van der Waals surface area contributed by atoms with Crippen LogP contribution in [0.3, 0.4) is 0 Å². The second-order valence-electron chi connectivity index (χ2n) is 5.53. The average Bonchev–Trinajstić information content (AvgIpc) is 2.96. The van der Waals surface area contributed by atoms with E-state index < -0.39 is 4.92 Å². The smallest absolute Gasteiger partial charge is 0.269 e. The molecular weight excluding hydrogens is 454 g/mol. The van der Waals surface area contributed by atoms with E-state index in [0.717, 1.165) is 10.0 Å². The van der Waals surface area contributed by atoms with Gasteiger partial charge in [0, 0.05) is 29.0 Å². The first-order valence-corrected chi connectivity index (χ1v) is 9.28. The lowest BCUT2D eigenvalue weighted by atomic mass is 10.2. The maximum absolute atomic E-state index is 10.7. The normalized spacial score (nSPS) is 10.4. The van der Waals surface area contributed by atoms with Gasteiger partial charge in [-0.05, 0) is 58.0 Å². The first kappa shape index (κ1) is 19.3. The molecule has 0 saturated heterocycles. The monoisotopic (exact) mass is 465 g/mol. The van der Waals surface area contributed by atoms with E-state index >= 15 is 0 Å². The zero-order chi connectivity index (χ0) is 19.4. The lowest BCUT2D eigenvalue weighted by molar-refractivity contribution is -0.384. The highest BCUT2D eigenvalue weighted by molar-refractivity contribution is 9.10. The maximum Gasteiger partial charge on any atom is 0.269 e. The highest BCUT2D eigenvalue weighted by Gasteiger charge is 2.10. The van der Waals surface area contributed by atoms with E-state index in [9.17, 15) is 10.1 Å². The van der Waals surface area contributed by atoms with Crippen molar-refractivity contribution in [3.05, 3.63) is 79.9 Å². The van der Waals surface area contributed by atoms with Crippen LogP contribution >= 0.6 is 39.7 Å². The van der Waals surface area contributed by atoms with E-state index in [4.69, 9.17) is 23.8 Å². The number of hydrogen-bond acceptors (Lipinski definition) is 4. The van der Waals surface area contributed by atoms with Gasteiger partial charge in [0.1, 0.15) is 0 Å². The predicted octanol–water partition coefficient (Wildman–Crippen LogP) is 5.06. The third kappa shape index (κ3) is 5.25. The molecule has 0 bridgehead atoms. The zero-order valence-corrected chi connectivity index (χ0v) is 16.9. The number of non-ortho nitro benzene ring substituents is 1. The van der Waals surface area contributed by atoms with Crippen LogP contribution in [0.5, 0.6) is 0 Å². The fraction of sp³-hybridized carbons (Fsp3) is 0.0588. The first-order chi connectivity index (χ1) is 12.9. The van der Waals surface area contributed by atoms with Gasteiger partial charge in [0.15, 0.2) is 10.9 Å². The Balaban J connectivity index is 1.63. The SMILES string of the molecule is O=[N+]([O-])c1ccc(NC(=S)Nc2nn(Cc3ccc(Cl)cc3)cc2Br)cc1. The minimum Gasteiger partial charge on any atom is -0.332 e. The van der Waals surface area contributed by atoms with E-state index in [2.05, 4.69) is 31.7 Å². The molecule has 1 heterocycles. The Morgan fingerprint density at radius 2 is 1.85 bits per heavy atom. The highest BCUT2D eigenvalue weighted by atomic mass is 79.9. The quantitative estimate of drug-likeness (QED) is 0.310. The van der Waals surface area contributed by atoms with Crippen LogP contribution in [0.2, 0.25) is 5.02 Å². The number of rotatable bonds is 5. The van der Waals surface area contributed by atoms with Gasteiger partial charge >= 0.3 is 0 Å². The molecule has 3 rings (SSSR count). The van der Waals surface area contributed by atoms with Gasteiger partial charge in [-0.3, -0.25) is 14.8 Å². The second-order valence-corrected chi connectivity index (χ2v) is 7.23. The summed E-state index contributed by atoms with van der Waals surface area (Å²) >= 11 is 14.6. The number of anilines is 2. The third-order valence-corrected chi connectivity index (χ3v) is 4.58. The molecule has 0 aliphatic rings. The number of aromatic nitrogens is 2. The average molecular weight is 467 g/mol. The molecule has 27 heavy (non-hydrogen) atoms. The van der Waals surface area contributed by atoms with Crippen molar-refractivity contribution in [3.8, 4) is 0 Å². The molecule has 7 nitrogen and oxygen atoms in total. The Hall–Kier alpha value is -2.49. The third-order valence-electron chi connectivity index (χ3n) is 3.54. The van der Waals surface area contributed by atoms with Crippen LogP contribution in [0, 0.1) is 10.1 Å². The molecule has 0 unspecified atom stereocenters. The summed E-state index contributed by atoms with van der Waals surface area (Å²) in [7, 11) is 0. The standard InChI is InChI=1S/C17H13BrClN5O2S/c18-15-10-23(9-11-1-3-12(19)4-2-11)22-16(15)21-17(27)20-13-5-7-14(8-6-13)24(25)26/h1-8,10H,9H2,(H2,20,21,22,27). The van der Waals surface area contributed by atoms with E-state index in [1.165, 1.54) is 12.1 Å². The van der Waals surface area contributed by atoms with Gasteiger partial charge in [0.25, 0.3) is 5.69 Å². The lowest BCUT2D eigenvalue weighted by Crippen LogP contribution is -2.19. The summed E-state index contributed by atoms with van der Waals surface area (Å²) in [6.07, 6.45) is 1.84. The molecule has 0 atom stereocenters. The van der Waals surface area contributed by atoms with E-state index in [0.29, 0.717) is 28.2 Å². The summed E-state index contributed by atoms with van der Waals surface area (Å²) < 4.78 is 2.52. The molecule has 0 aliphatic carbocycles. The van der Waals surface area contributed by atoms with Crippen molar-refractivity contribution < 1.29 is 4.92 Å². The van der Waals surface area contributed by atoms with Gasteiger partial charge in [-0.1, -0.05) is 23.7 Å². The molecule has 3 aromatic rings. The Morgan fingerprint density at radius 3 is 2.48 bits per heavy atom. The van der Waals surface area contributed by atoms with Crippen molar-refractivity contribution in [2.45, 2.75) is 6.54 Å². The van der Waals surface area contributed by atoms with Crippen LogP contribution in [0.25, 0.3) is 0 Å². The molecular formula is C17H13BrClN5O2S. The highest BCUT2D eigenvalue weighted by Crippen LogP contribution is 2.22. The van der Waals surface area contributed by atoms with Crippen LogP contribution < -0.4 is 10.6 Å². The van der Waals surface area contributed by atoms with Crippen molar-refractivity contribution >= 4 is 62.1 Å². The number of halogens is 2. The second kappa shape index (κ2) is 8.47. The molecule has 0 spiro atoms. The van der Waals surface area contributed by atoms with Gasteiger partial charge in [0.2, 0.25) is 0 Å². The zero-order valence-electron chi connectivity index (χ0n) is 13.7. The summed E-state index contributed by atoms with van der Waals surface area (Å²) in [6, 6.07) is 13.5. The fourth-order valence-corrected chi connectivity index (χ4v) is 3.03. The Labute approximate surface area is 173 Å². The molecule has 2 N–H and O–H groups in total. The molecule has 0 fully saturated rings. The van der Waals surface area contributed by atoms with Crippen molar-refractivity contribution in [2.24, 2.45) is 0 Å². The van der Waals surface area contributed by atoms with Crippen LogP contribution in [0.15, 0.2) is 59.2 Å². The first-order valence-electron chi connectivity index (χ1n) is 7.70. The summed E-state index contributed by atoms with van der Waals surface area (Å²) in [5, 5.41) is 22.1. The topological polar surface area (TPSA) is 85.0 Å². The molecule has 138 valence electrons. The van der Waals surface area contributed by atoms with E-state index in [1.54, 1.807) is 16.8 Å². The largest absolute Gasteiger partial charge is 0.332 e. The Morgan fingerprint density at radius 1 is 1.19 bits per heavy atom. The maximum atomic E-state index is 10.7. The minimum atomic E-state index is -0.454. The van der Waals surface area contributed by atoms with E-state index in [1.807, 2.05) is 30.5 Å². The number of nitrogens with one attached hydrogen (secondary N) is 2. The lowest BCUT2D eigenvalue weighted by Gasteiger charge is -2.09. The van der Waals surface area contributed by atoms with Crippen LogP contribution in [0.4, 0.5) is 17.2 Å². The summed E-state index contributed by atoms with van der Waals surface area (Å²) in [5.41, 5.74) is 1.71. The summed E-state index contributed by atoms with van der Waals surface area (Å²) in [5.74, 6) is 0.559. The molecule has 0 radical (unpaired) electrons. The molecule has 2 aromatic carbocycles. The Bertz CT molecular complexity index is 976. The van der Waals surface area contributed by atoms with E-state index in [-0.39, 0.29) is 5.69 Å². The fourth-order valence-electron chi connectivity index (χ4n) is 2.28. The number of hydrogen-bond donors (Lipinski definition) is 2. The summed E-state index contributed by atoms with van der Waals surface area (Å²) in [6.45, 7) is 0.583. The van der Waals surface area contributed by atoms with Gasteiger partial charge in [0.05, 0.1) is 15.9 Å². The molecule has 0 amide bonds. The number of nitro groups is 1. The minimum absolute atomic E-state index is 0.0168. The van der Waals surface area contributed by atoms with Crippen molar-refractivity contribution in [2.75, 3.05) is 10.6 Å². The molecule has 10 heteroatoms. The molecule has 1 aromatic heterocycles. The van der Waals surface area contributed by atoms with Crippen molar-refractivity contribution in [1.29, 1.82) is 0 Å². The number of nitro benzene ring substituents is 1. The van der Waals surface area contributed by atoms with Crippen LogP contribution in [-0.4, -0.2) is 19.8 Å².